The molecule has 1 aliphatic rings. The van der Waals surface area contributed by atoms with E-state index < -0.39 is 23.4 Å². The lowest BCUT2D eigenvalue weighted by Crippen LogP contribution is -2.13. The van der Waals surface area contributed by atoms with E-state index in [0.717, 1.165) is 25.0 Å². The maximum atomic E-state index is 13.3. The molecule has 1 aromatic rings. The predicted octanol–water partition coefficient (Wildman–Crippen LogP) is 2.89. The van der Waals surface area contributed by atoms with Gasteiger partial charge < -0.3 is 10.8 Å². The molecular formula is C11H14ClF2NO. The summed E-state index contributed by atoms with van der Waals surface area (Å²) in [6, 6.07) is 1.28. The van der Waals surface area contributed by atoms with E-state index in [-0.39, 0.29) is 18.0 Å². The van der Waals surface area contributed by atoms with Crippen LogP contribution in [-0.2, 0) is 0 Å². The Morgan fingerprint density at radius 2 is 1.88 bits per heavy atom. The van der Waals surface area contributed by atoms with E-state index in [2.05, 4.69) is 0 Å². The van der Waals surface area contributed by atoms with Crippen LogP contribution in [0.25, 0.3) is 0 Å². The zero-order valence-electron chi connectivity index (χ0n) is 8.62. The van der Waals surface area contributed by atoms with Crippen molar-refractivity contribution in [2.45, 2.75) is 25.3 Å². The van der Waals surface area contributed by atoms with Crippen LogP contribution in [0.1, 0.15) is 30.9 Å². The summed E-state index contributed by atoms with van der Waals surface area (Å²) in [5.74, 6) is -1.61. The summed E-state index contributed by atoms with van der Waals surface area (Å²) in [5.41, 5.74) is 5.64. The summed E-state index contributed by atoms with van der Waals surface area (Å²) >= 11 is 0. The minimum atomic E-state index is -0.822. The van der Waals surface area contributed by atoms with Crippen molar-refractivity contribution in [3.8, 4) is 5.75 Å². The fourth-order valence-electron chi connectivity index (χ4n) is 1.74. The van der Waals surface area contributed by atoms with Gasteiger partial charge in [0.05, 0.1) is 0 Å². The van der Waals surface area contributed by atoms with Gasteiger partial charge in [-0.15, -0.1) is 12.4 Å². The molecule has 0 spiro atoms. The lowest BCUT2D eigenvalue weighted by atomic mass is 10.0. The van der Waals surface area contributed by atoms with Crippen LogP contribution in [0.5, 0.6) is 5.75 Å². The van der Waals surface area contributed by atoms with Gasteiger partial charge in [0.1, 0.15) is 5.82 Å². The Labute approximate surface area is 98.9 Å². The zero-order valence-corrected chi connectivity index (χ0v) is 9.44. The molecule has 5 heteroatoms. The minimum Gasteiger partial charge on any atom is -0.505 e. The highest BCUT2D eigenvalue weighted by Crippen LogP contribution is 2.39. The SMILES string of the molecule is Cl.N[C@@H](CC1CC1)c1c(F)ccc(F)c1O. The molecule has 0 bridgehead atoms. The number of aromatic hydroxyl groups is 1. The summed E-state index contributed by atoms with van der Waals surface area (Å²) in [4.78, 5) is 0. The van der Waals surface area contributed by atoms with Crippen LogP contribution in [0.2, 0.25) is 0 Å². The van der Waals surface area contributed by atoms with Crippen molar-refractivity contribution in [2.75, 3.05) is 0 Å². The Morgan fingerprint density at radius 3 is 2.44 bits per heavy atom. The molecule has 1 aromatic carbocycles. The number of benzene rings is 1. The molecule has 0 unspecified atom stereocenters. The van der Waals surface area contributed by atoms with E-state index in [1.54, 1.807) is 0 Å². The Hall–Kier alpha value is -0.870. The van der Waals surface area contributed by atoms with Gasteiger partial charge in [0.2, 0.25) is 0 Å². The molecule has 2 rings (SSSR count). The molecule has 0 amide bonds. The van der Waals surface area contributed by atoms with E-state index in [4.69, 9.17) is 5.73 Å². The first-order chi connectivity index (χ1) is 7.09. The number of phenols is 1. The van der Waals surface area contributed by atoms with Crippen LogP contribution in [-0.4, -0.2) is 5.11 Å². The normalized spacial score (nSPS) is 16.7. The molecule has 1 fully saturated rings. The van der Waals surface area contributed by atoms with Gasteiger partial charge in [-0.25, -0.2) is 8.78 Å². The number of hydrogen-bond donors (Lipinski definition) is 2. The third-order valence-electron chi connectivity index (χ3n) is 2.77. The molecule has 1 saturated carbocycles. The monoisotopic (exact) mass is 249 g/mol. The van der Waals surface area contributed by atoms with Crippen LogP contribution in [0.15, 0.2) is 12.1 Å². The number of halogens is 3. The molecular weight excluding hydrogens is 236 g/mol. The van der Waals surface area contributed by atoms with E-state index in [1.807, 2.05) is 0 Å². The number of rotatable bonds is 3. The van der Waals surface area contributed by atoms with Crippen LogP contribution >= 0.6 is 12.4 Å². The van der Waals surface area contributed by atoms with Crippen LogP contribution in [0.3, 0.4) is 0 Å². The first-order valence-corrected chi connectivity index (χ1v) is 5.02. The van der Waals surface area contributed by atoms with Crippen molar-refractivity contribution in [1.82, 2.24) is 0 Å². The second-order valence-electron chi connectivity index (χ2n) is 4.08. The summed E-state index contributed by atoms with van der Waals surface area (Å²) in [6.07, 6.45) is 2.78. The summed E-state index contributed by atoms with van der Waals surface area (Å²) in [7, 11) is 0. The Morgan fingerprint density at radius 1 is 1.31 bits per heavy atom. The molecule has 90 valence electrons. The predicted molar refractivity (Wildman–Crippen MR) is 59.5 cm³/mol. The lowest BCUT2D eigenvalue weighted by Gasteiger charge is -2.14. The van der Waals surface area contributed by atoms with E-state index in [1.165, 1.54) is 0 Å². The van der Waals surface area contributed by atoms with Gasteiger partial charge in [-0.05, 0) is 24.5 Å². The Balaban J connectivity index is 0.00000128. The summed E-state index contributed by atoms with van der Waals surface area (Å²) < 4.78 is 26.3. The largest absolute Gasteiger partial charge is 0.505 e. The average Bonchev–Trinajstić information content (AvgIpc) is 2.96. The fourth-order valence-corrected chi connectivity index (χ4v) is 1.74. The first kappa shape index (κ1) is 13.2. The number of hydrogen-bond acceptors (Lipinski definition) is 2. The Bertz CT molecular complexity index is 382. The maximum Gasteiger partial charge on any atom is 0.165 e. The van der Waals surface area contributed by atoms with Gasteiger partial charge in [0.25, 0.3) is 0 Å². The van der Waals surface area contributed by atoms with Crippen molar-refractivity contribution >= 4 is 12.4 Å². The van der Waals surface area contributed by atoms with Gasteiger partial charge in [-0.3, -0.25) is 0 Å². The highest BCUT2D eigenvalue weighted by molar-refractivity contribution is 5.85. The Kier molecular flexibility index (Phi) is 4.10. The van der Waals surface area contributed by atoms with E-state index in [9.17, 15) is 13.9 Å². The molecule has 2 nitrogen and oxygen atoms in total. The molecule has 3 N–H and O–H groups in total. The lowest BCUT2D eigenvalue weighted by molar-refractivity contribution is 0.405. The van der Waals surface area contributed by atoms with Crippen LogP contribution in [0.4, 0.5) is 8.78 Å². The van der Waals surface area contributed by atoms with Crippen LogP contribution in [0, 0.1) is 17.6 Å². The van der Waals surface area contributed by atoms with Crippen LogP contribution < -0.4 is 5.73 Å². The van der Waals surface area contributed by atoms with Gasteiger partial charge in [0.15, 0.2) is 11.6 Å². The standard InChI is InChI=1S/C11H13F2NO.ClH/c12-7-3-4-8(13)11(15)10(7)9(14)5-6-1-2-6;/h3-4,6,9,15H,1-2,5,14H2;1H/t9-;/m0./s1. The van der Waals surface area contributed by atoms with E-state index >= 15 is 0 Å². The van der Waals surface area contributed by atoms with Crippen molar-refractivity contribution in [3.63, 3.8) is 0 Å². The molecule has 1 atom stereocenters. The molecule has 0 saturated heterocycles. The number of nitrogens with two attached hydrogens (primary N) is 1. The van der Waals surface area contributed by atoms with Gasteiger partial charge >= 0.3 is 0 Å². The third-order valence-corrected chi connectivity index (χ3v) is 2.77. The second kappa shape index (κ2) is 4.97. The zero-order chi connectivity index (χ0) is 11.0. The summed E-state index contributed by atoms with van der Waals surface area (Å²) in [5, 5.41) is 9.39. The molecule has 0 radical (unpaired) electrons. The van der Waals surface area contributed by atoms with Gasteiger partial charge in [-0.2, -0.15) is 0 Å². The highest BCUT2D eigenvalue weighted by Gasteiger charge is 2.27. The van der Waals surface area contributed by atoms with Crippen molar-refractivity contribution < 1.29 is 13.9 Å². The topological polar surface area (TPSA) is 46.2 Å². The highest BCUT2D eigenvalue weighted by atomic mass is 35.5. The van der Waals surface area contributed by atoms with Crippen molar-refractivity contribution in [2.24, 2.45) is 11.7 Å². The third kappa shape index (κ3) is 2.62. The first-order valence-electron chi connectivity index (χ1n) is 5.02. The molecule has 16 heavy (non-hydrogen) atoms. The quantitative estimate of drug-likeness (QED) is 0.865. The van der Waals surface area contributed by atoms with Gasteiger partial charge in [-0.1, -0.05) is 12.8 Å². The molecule has 0 aromatic heterocycles. The molecule has 1 aliphatic carbocycles. The van der Waals surface area contributed by atoms with Crippen molar-refractivity contribution in [1.29, 1.82) is 0 Å². The van der Waals surface area contributed by atoms with Crippen molar-refractivity contribution in [3.05, 3.63) is 29.3 Å². The minimum absolute atomic E-state index is 0. The number of phenolic OH excluding ortho intramolecular Hbond substituents is 1. The molecule has 0 heterocycles. The fraction of sp³-hybridized carbons (Fsp3) is 0.455. The van der Waals surface area contributed by atoms with E-state index in [0.29, 0.717) is 12.3 Å². The summed E-state index contributed by atoms with van der Waals surface area (Å²) in [6.45, 7) is 0. The average molecular weight is 250 g/mol. The molecule has 0 aliphatic heterocycles. The maximum absolute atomic E-state index is 13.3. The smallest absolute Gasteiger partial charge is 0.165 e. The second-order valence-corrected chi connectivity index (χ2v) is 4.08. The van der Waals surface area contributed by atoms with Gasteiger partial charge in [0, 0.05) is 11.6 Å².